The van der Waals surface area contributed by atoms with Gasteiger partial charge in [0.25, 0.3) is 0 Å². The normalized spacial score (nSPS) is 34.8. The summed E-state index contributed by atoms with van der Waals surface area (Å²) in [5.74, 6) is 0.886. The fourth-order valence-corrected chi connectivity index (χ4v) is 5.49. The van der Waals surface area contributed by atoms with Crippen molar-refractivity contribution >= 4 is 27.2 Å². The van der Waals surface area contributed by atoms with Crippen molar-refractivity contribution in [2.75, 3.05) is 5.32 Å². The van der Waals surface area contributed by atoms with Crippen LogP contribution in [0.5, 0.6) is 0 Å². The van der Waals surface area contributed by atoms with Gasteiger partial charge in [0.05, 0.1) is 15.7 Å². The molecule has 3 heteroatoms. The van der Waals surface area contributed by atoms with Crippen LogP contribution in [-0.2, 0) is 0 Å². The maximum Gasteiger partial charge on any atom is 0.0813 e. The number of fused-ring (bicyclic) bond motifs is 3. The van der Waals surface area contributed by atoms with Crippen LogP contribution in [0.4, 0.5) is 5.69 Å². The van der Waals surface area contributed by atoms with Gasteiger partial charge in [0.2, 0.25) is 0 Å². The first-order valence-corrected chi connectivity index (χ1v) is 8.47. The summed E-state index contributed by atoms with van der Waals surface area (Å²) < 4.78 is 1.28. The number of anilines is 1. The minimum absolute atomic E-state index is 0.398. The summed E-state index contributed by atoms with van der Waals surface area (Å²) >= 11 is 1.72. The Bertz CT molecular complexity index is 655. The molecule has 1 heterocycles. The van der Waals surface area contributed by atoms with Crippen LogP contribution in [0.1, 0.15) is 40.0 Å². The molecule has 2 nitrogen and oxygen atoms in total. The van der Waals surface area contributed by atoms with Crippen molar-refractivity contribution in [3.05, 3.63) is 23.7 Å². The Labute approximate surface area is 124 Å². The first-order valence-electron chi connectivity index (χ1n) is 7.59. The first kappa shape index (κ1) is 12.6. The van der Waals surface area contributed by atoms with Crippen LogP contribution in [0.2, 0.25) is 0 Å². The van der Waals surface area contributed by atoms with Gasteiger partial charge in [-0.1, -0.05) is 20.8 Å². The molecule has 20 heavy (non-hydrogen) atoms. The number of nitrogens with zero attached hydrogens (tertiary/aromatic N) is 1. The van der Waals surface area contributed by atoms with E-state index in [1.165, 1.54) is 29.6 Å². The van der Waals surface area contributed by atoms with E-state index < -0.39 is 0 Å². The quantitative estimate of drug-likeness (QED) is 0.847. The van der Waals surface area contributed by atoms with Gasteiger partial charge in [-0.15, -0.1) is 11.3 Å². The second-order valence-corrected chi connectivity index (χ2v) is 8.41. The van der Waals surface area contributed by atoms with Crippen molar-refractivity contribution in [1.29, 1.82) is 0 Å². The zero-order valence-corrected chi connectivity index (χ0v) is 13.3. The Balaban J connectivity index is 1.67. The Hall–Kier alpha value is -1.09. The van der Waals surface area contributed by atoms with Gasteiger partial charge in [0.1, 0.15) is 0 Å². The first-order chi connectivity index (χ1) is 9.49. The van der Waals surface area contributed by atoms with Gasteiger partial charge in [0.15, 0.2) is 0 Å². The number of thiazole rings is 1. The Morgan fingerprint density at radius 2 is 2.15 bits per heavy atom. The molecule has 2 aromatic rings. The molecule has 106 valence electrons. The van der Waals surface area contributed by atoms with Crippen LogP contribution in [-0.4, -0.2) is 11.0 Å². The van der Waals surface area contributed by atoms with E-state index in [4.69, 9.17) is 0 Å². The summed E-state index contributed by atoms with van der Waals surface area (Å²) in [5.41, 5.74) is 5.16. The van der Waals surface area contributed by atoms with Crippen molar-refractivity contribution in [3.8, 4) is 0 Å². The molecule has 2 bridgehead atoms. The molecule has 0 aliphatic heterocycles. The Morgan fingerprint density at radius 3 is 2.90 bits per heavy atom. The molecule has 2 aliphatic rings. The average molecular weight is 286 g/mol. The van der Waals surface area contributed by atoms with Gasteiger partial charge in [-0.05, 0) is 54.2 Å². The molecule has 4 rings (SSSR count). The number of hydrogen-bond acceptors (Lipinski definition) is 3. The number of nitrogens with one attached hydrogen (secondary N) is 1. The standard InChI is InChI=1S/C17H22N2S/c1-16(2)11-6-7-17(3,9-11)15(16)19-12-4-5-13-14(8-12)20-10-18-13/h4-5,8,10-11,15,19H,6-7,9H2,1-3H3/t11-,15?,17+/m0/s1. The summed E-state index contributed by atoms with van der Waals surface area (Å²) in [7, 11) is 0. The lowest BCUT2D eigenvalue weighted by atomic mass is 9.68. The van der Waals surface area contributed by atoms with Crippen molar-refractivity contribution in [3.63, 3.8) is 0 Å². The molecule has 0 saturated heterocycles. The minimum Gasteiger partial charge on any atom is -0.381 e. The lowest BCUT2D eigenvalue weighted by molar-refractivity contribution is 0.155. The third-order valence-electron chi connectivity index (χ3n) is 5.91. The molecule has 1 aromatic carbocycles. The van der Waals surface area contributed by atoms with Crippen molar-refractivity contribution in [2.24, 2.45) is 16.7 Å². The van der Waals surface area contributed by atoms with Crippen molar-refractivity contribution < 1.29 is 0 Å². The number of aromatic nitrogens is 1. The molecule has 1 unspecified atom stereocenters. The minimum atomic E-state index is 0.398. The monoisotopic (exact) mass is 286 g/mol. The van der Waals surface area contributed by atoms with E-state index in [9.17, 15) is 0 Å². The Kier molecular flexibility index (Phi) is 2.51. The smallest absolute Gasteiger partial charge is 0.0813 e. The molecule has 2 aliphatic carbocycles. The predicted octanol–water partition coefficient (Wildman–Crippen LogP) is 4.92. The highest BCUT2D eigenvalue weighted by Crippen LogP contribution is 2.63. The molecule has 1 N–H and O–H groups in total. The van der Waals surface area contributed by atoms with E-state index in [0.29, 0.717) is 16.9 Å². The van der Waals surface area contributed by atoms with E-state index in [1.54, 1.807) is 11.3 Å². The summed E-state index contributed by atoms with van der Waals surface area (Å²) in [6.45, 7) is 7.38. The molecule has 1 aromatic heterocycles. The predicted molar refractivity (Wildman–Crippen MR) is 86.3 cm³/mol. The van der Waals surface area contributed by atoms with E-state index in [2.05, 4.69) is 49.3 Å². The summed E-state index contributed by atoms with van der Waals surface area (Å²) in [6.07, 6.45) is 4.18. The van der Waals surface area contributed by atoms with Crippen LogP contribution in [0.25, 0.3) is 10.2 Å². The second-order valence-electron chi connectivity index (χ2n) is 7.53. The molecule has 0 amide bonds. The van der Waals surface area contributed by atoms with Gasteiger partial charge in [0, 0.05) is 11.7 Å². The van der Waals surface area contributed by atoms with E-state index in [-0.39, 0.29) is 0 Å². The Morgan fingerprint density at radius 1 is 1.30 bits per heavy atom. The van der Waals surface area contributed by atoms with Gasteiger partial charge in [-0.2, -0.15) is 0 Å². The highest BCUT2D eigenvalue weighted by molar-refractivity contribution is 7.16. The maximum absolute atomic E-state index is 4.36. The van der Waals surface area contributed by atoms with E-state index in [1.807, 2.05) is 5.51 Å². The van der Waals surface area contributed by atoms with Crippen LogP contribution in [0.15, 0.2) is 23.7 Å². The molecule has 2 fully saturated rings. The van der Waals surface area contributed by atoms with Crippen LogP contribution >= 0.6 is 11.3 Å². The number of rotatable bonds is 2. The van der Waals surface area contributed by atoms with Gasteiger partial charge in [-0.25, -0.2) is 4.98 Å². The number of benzene rings is 1. The molecule has 2 saturated carbocycles. The second kappa shape index (κ2) is 3.97. The van der Waals surface area contributed by atoms with Crippen LogP contribution in [0, 0.1) is 16.7 Å². The van der Waals surface area contributed by atoms with Gasteiger partial charge >= 0.3 is 0 Å². The lowest BCUT2D eigenvalue weighted by Gasteiger charge is -2.43. The van der Waals surface area contributed by atoms with Crippen molar-refractivity contribution in [1.82, 2.24) is 4.98 Å². The molecule has 0 radical (unpaired) electrons. The largest absolute Gasteiger partial charge is 0.381 e. The summed E-state index contributed by atoms with van der Waals surface area (Å²) in [4.78, 5) is 4.36. The zero-order valence-electron chi connectivity index (χ0n) is 12.4. The lowest BCUT2D eigenvalue weighted by Crippen LogP contribution is -2.45. The number of hydrogen-bond donors (Lipinski definition) is 1. The molecular weight excluding hydrogens is 264 g/mol. The highest BCUT2D eigenvalue weighted by Gasteiger charge is 2.59. The van der Waals surface area contributed by atoms with Gasteiger partial charge in [-0.3, -0.25) is 0 Å². The maximum atomic E-state index is 4.36. The van der Waals surface area contributed by atoms with Crippen LogP contribution < -0.4 is 5.32 Å². The summed E-state index contributed by atoms with van der Waals surface area (Å²) in [5, 5.41) is 3.86. The van der Waals surface area contributed by atoms with Crippen LogP contribution in [0.3, 0.4) is 0 Å². The fourth-order valence-electron chi connectivity index (χ4n) is 4.77. The average Bonchev–Trinajstić information content (AvgIpc) is 3.05. The van der Waals surface area contributed by atoms with Gasteiger partial charge < -0.3 is 5.32 Å². The fraction of sp³-hybridized carbons (Fsp3) is 0.588. The van der Waals surface area contributed by atoms with Crippen molar-refractivity contribution in [2.45, 2.75) is 46.1 Å². The SMILES string of the molecule is CC1(C)C(Nc2ccc3ncsc3c2)[C@]2(C)CC[C@H]1C2. The third-order valence-corrected chi connectivity index (χ3v) is 6.70. The highest BCUT2D eigenvalue weighted by atomic mass is 32.1. The molecule has 3 atom stereocenters. The molecular formula is C17H22N2S. The van der Waals surface area contributed by atoms with E-state index >= 15 is 0 Å². The third kappa shape index (κ3) is 1.65. The van der Waals surface area contributed by atoms with E-state index in [0.717, 1.165) is 11.4 Å². The summed E-state index contributed by atoms with van der Waals surface area (Å²) in [6, 6.07) is 7.17. The topological polar surface area (TPSA) is 24.9 Å². The molecule has 0 spiro atoms. The zero-order chi connectivity index (χ0) is 14.0.